The summed E-state index contributed by atoms with van der Waals surface area (Å²) in [6.07, 6.45) is 4.18. The second-order valence-electron chi connectivity index (χ2n) is 6.17. The van der Waals surface area contributed by atoms with Gasteiger partial charge in [-0.05, 0) is 26.7 Å². The number of rotatable bonds is 3. The van der Waals surface area contributed by atoms with E-state index in [1.165, 1.54) is 6.42 Å². The van der Waals surface area contributed by atoms with Crippen LogP contribution in [0.1, 0.15) is 43.3 Å². The minimum Gasteiger partial charge on any atom is -0.360 e. The zero-order valence-electron chi connectivity index (χ0n) is 13.2. The Kier molecular flexibility index (Phi) is 3.83. The third-order valence-corrected chi connectivity index (χ3v) is 4.75. The number of carbonyl (C=O) groups is 1. The van der Waals surface area contributed by atoms with Gasteiger partial charge in [-0.3, -0.25) is 4.79 Å². The zero-order valence-corrected chi connectivity index (χ0v) is 13.2. The molecule has 0 atom stereocenters. The Morgan fingerprint density at radius 2 is 2.14 bits per heavy atom. The van der Waals surface area contributed by atoms with E-state index in [4.69, 9.17) is 0 Å². The van der Waals surface area contributed by atoms with Crippen molar-refractivity contribution in [3.63, 3.8) is 0 Å². The lowest BCUT2D eigenvalue weighted by atomic mass is 9.84. The Hall–Kier alpha value is -1.65. The predicted molar refractivity (Wildman–Crippen MR) is 82.2 cm³/mol. The number of carbonyl (C=O) groups excluding carboxylic acids is 1. The van der Waals surface area contributed by atoms with Crippen molar-refractivity contribution in [1.82, 2.24) is 14.9 Å². The number of fused-ring (bicyclic) bond motifs is 1. The van der Waals surface area contributed by atoms with E-state index in [-0.39, 0.29) is 5.92 Å². The van der Waals surface area contributed by atoms with Crippen LogP contribution in [0.3, 0.4) is 0 Å². The second kappa shape index (κ2) is 5.62. The van der Waals surface area contributed by atoms with Crippen LogP contribution < -0.4 is 4.90 Å². The second-order valence-corrected chi connectivity index (χ2v) is 6.17. The first-order chi connectivity index (χ1) is 10.1. The fourth-order valence-electron chi connectivity index (χ4n) is 3.08. The first kappa shape index (κ1) is 14.3. The molecule has 1 aromatic heterocycles. The van der Waals surface area contributed by atoms with Crippen molar-refractivity contribution in [1.29, 1.82) is 0 Å². The topological polar surface area (TPSA) is 49.3 Å². The summed E-state index contributed by atoms with van der Waals surface area (Å²) in [5.41, 5.74) is 2.26. The molecule has 0 aromatic carbocycles. The summed E-state index contributed by atoms with van der Waals surface area (Å²) >= 11 is 0. The van der Waals surface area contributed by atoms with Gasteiger partial charge < -0.3 is 9.80 Å². The summed E-state index contributed by atoms with van der Waals surface area (Å²) in [5, 5.41) is 0. The number of anilines is 1. The molecule has 21 heavy (non-hydrogen) atoms. The molecule has 0 spiro atoms. The van der Waals surface area contributed by atoms with Gasteiger partial charge in [0.2, 0.25) is 5.91 Å². The third-order valence-electron chi connectivity index (χ3n) is 4.75. The molecule has 0 saturated heterocycles. The summed E-state index contributed by atoms with van der Waals surface area (Å²) in [6, 6.07) is 0. The Morgan fingerprint density at radius 1 is 1.38 bits per heavy atom. The average molecular weight is 288 g/mol. The highest BCUT2D eigenvalue weighted by Crippen LogP contribution is 2.32. The van der Waals surface area contributed by atoms with Crippen molar-refractivity contribution >= 4 is 11.7 Å². The number of hydrogen-bond acceptors (Lipinski definition) is 4. The van der Waals surface area contributed by atoms with Crippen molar-refractivity contribution in [3.8, 4) is 0 Å². The van der Waals surface area contributed by atoms with E-state index in [9.17, 15) is 4.79 Å². The summed E-state index contributed by atoms with van der Waals surface area (Å²) < 4.78 is 0. The fourth-order valence-corrected chi connectivity index (χ4v) is 3.08. The van der Waals surface area contributed by atoms with E-state index in [0.29, 0.717) is 12.5 Å². The number of aryl methyl sites for hydroxylation is 1. The molecule has 1 aliphatic heterocycles. The molecule has 1 amide bonds. The van der Waals surface area contributed by atoms with Gasteiger partial charge in [0.1, 0.15) is 11.6 Å². The maximum Gasteiger partial charge on any atom is 0.225 e. The highest BCUT2D eigenvalue weighted by Gasteiger charge is 2.32. The number of nitrogens with zero attached hydrogens (tertiary/aromatic N) is 4. The summed E-state index contributed by atoms with van der Waals surface area (Å²) in [6.45, 7) is 6.43. The Balaban J connectivity index is 1.88. The van der Waals surface area contributed by atoms with Crippen LogP contribution in [-0.4, -0.2) is 40.9 Å². The lowest BCUT2D eigenvalue weighted by Crippen LogP contribution is -2.42. The van der Waals surface area contributed by atoms with Crippen LogP contribution >= 0.6 is 0 Å². The number of hydrogen-bond donors (Lipinski definition) is 0. The van der Waals surface area contributed by atoms with Crippen LogP contribution in [0, 0.1) is 12.8 Å². The predicted octanol–water partition coefficient (Wildman–Crippen LogP) is 1.93. The molecule has 114 valence electrons. The van der Waals surface area contributed by atoms with E-state index < -0.39 is 0 Å². The van der Waals surface area contributed by atoms with Gasteiger partial charge in [0.15, 0.2) is 0 Å². The van der Waals surface area contributed by atoms with Crippen LogP contribution in [0.25, 0.3) is 0 Å². The third kappa shape index (κ3) is 2.61. The SMILES string of the molecule is CCN(C)c1nc(C)nc2c1CN(C(=O)C1CCC1)CC2. The first-order valence-electron chi connectivity index (χ1n) is 7.96. The highest BCUT2D eigenvalue weighted by atomic mass is 16.2. The van der Waals surface area contributed by atoms with Crippen LogP contribution in [0.4, 0.5) is 5.82 Å². The molecule has 2 heterocycles. The molecule has 1 aromatic rings. The van der Waals surface area contributed by atoms with Gasteiger partial charge in [-0.1, -0.05) is 6.42 Å². The lowest BCUT2D eigenvalue weighted by molar-refractivity contribution is -0.139. The molecule has 1 aliphatic carbocycles. The Labute approximate surface area is 126 Å². The monoisotopic (exact) mass is 288 g/mol. The van der Waals surface area contributed by atoms with Gasteiger partial charge in [0, 0.05) is 38.0 Å². The van der Waals surface area contributed by atoms with Crippen LogP contribution in [-0.2, 0) is 17.8 Å². The van der Waals surface area contributed by atoms with E-state index >= 15 is 0 Å². The first-order valence-corrected chi connectivity index (χ1v) is 7.96. The van der Waals surface area contributed by atoms with Gasteiger partial charge >= 0.3 is 0 Å². The fraction of sp³-hybridized carbons (Fsp3) is 0.688. The average Bonchev–Trinajstić information content (AvgIpc) is 2.43. The normalized spacial score (nSPS) is 18.1. The standard InChI is InChI=1S/C16H24N4O/c1-4-19(3)15-13-10-20(16(21)12-6-5-7-12)9-8-14(13)17-11(2)18-15/h12H,4-10H2,1-3H3. The maximum absolute atomic E-state index is 12.5. The number of amides is 1. The molecule has 0 bridgehead atoms. The molecule has 0 radical (unpaired) electrons. The van der Waals surface area contributed by atoms with Crippen molar-refractivity contribution in [3.05, 3.63) is 17.1 Å². The highest BCUT2D eigenvalue weighted by molar-refractivity contribution is 5.80. The lowest BCUT2D eigenvalue weighted by Gasteiger charge is -2.35. The van der Waals surface area contributed by atoms with Gasteiger partial charge in [0.05, 0.1) is 12.2 Å². The molecule has 3 rings (SSSR count). The van der Waals surface area contributed by atoms with Crippen LogP contribution in [0.5, 0.6) is 0 Å². The molecular formula is C16H24N4O. The van der Waals surface area contributed by atoms with Gasteiger partial charge in [-0.15, -0.1) is 0 Å². The van der Waals surface area contributed by atoms with Crippen molar-refractivity contribution < 1.29 is 4.79 Å². The summed E-state index contributed by atoms with van der Waals surface area (Å²) in [5.74, 6) is 2.41. The maximum atomic E-state index is 12.5. The minimum absolute atomic E-state index is 0.269. The Bertz CT molecular complexity index is 553. The quantitative estimate of drug-likeness (QED) is 0.852. The number of aromatic nitrogens is 2. The van der Waals surface area contributed by atoms with Crippen LogP contribution in [0.2, 0.25) is 0 Å². The van der Waals surface area contributed by atoms with Crippen molar-refractivity contribution in [2.24, 2.45) is 5.92 Å². The zero-order chi connectivity index (χ0) is 15.0. The van der Waals surface area contributed by atoms with E-state index in [1.54, 1.807) is 0 Å². The van der Waals surface area contributed by atoms with Gasteiger partial charge in [-0.2, -0.15) is 0 Å². The largest absolute Gasteiger partial charge is 0.360 e. The molecule has 0 N–H and O–H groups in total. The minimum atomic E-state index is 0.269. The van der Waals surface area contributed by atoms with Crippen molar-refractivity contribution in [2.75, 3.05) is 25.0 Å². The van der Waals surface area contributed by atoms with Gasteiger partial charge in [-0.25, -0.2) is 9.97 Å². The molecule has 5 nitrogen and oxygen atoms in total. The van der Waals surface area contributed by atoms with E-state index in [1.807, 2.05) is 11.8 Å². The molecule has 5 heteroatoms. The summed E-state index contributed by atoms with van der Waals surface area (Å²) in [4.78, 5) is 25.8. The molecule has 1 fully saturated rings. The summed E-state index contributed by atoms with van der Waals surface area (Å²) in [7, 11) is 2.05. The smallest absolute Gasteiger partial charge is 0.225 e. The molecule has 0 unspecified atom stereocenters. The molecule has 1 saturated carbocycles. The van der Waals surface area contributed by atoms with Gasteiger partial charge in [0.25, 0.3) is 0 Å². The van der Waals surface area contributed by atoms with E-state index in [2.05, 4.69) is 28.8 Å². The molecule has 2 aliphatic rings. The Morgan fingerprint density at radius 3 is 2.76 bits per heavy atom. The van der Waals surface area contributed by atoms with Crippen LogP contribution in [0.15, 0.2) is 0 Å². The van der Waals surface area contributed by atoms with Crippen molar-refractivity contribution in [2.45, 2.75) is 46.1 Å². The molecular weight excluding hydrogens is 264 g/mol. The van der Waals surface area contributed by atoms with E-state index in [0.717, 1.165) is 55.3 Å².